The largest absolute Gasteiger partial charge is 0.296 e. The molecule has 0 N–H and O–H groups in total. The molecule has 8 aromatic rings. The minimum atomic E-state index is -0.427. The summed E-state index contributed by atoms with van der Waals surface area (Å²) < 4.78 is 74.1. The van der Waals surface area contributed by atoms with Gasteiger partial charge in [0.15, 0.2) is 0 Å². The average Bonchev–Trinajstić information content (AvgIpc) is 3.56. The lowest BCUT2D eigenvalue weighted by Gasteiger charge is -2.18. The van der Waals surface area contributed by atoms with Crippen molar-refractivity contribution < 1.29 is 11.0 Å². The molecule has 0 amide bonds. The molecular formula is C41H30N2. The van der Waals surface area contributed by atoms with Crippen molar-refractivity contribution in [3.63, 3.8) is 0 Å². The molecule has 0 radical (unpaired) electrons. The summed E-state index contributed by atoms with van der Waals surface area (Å²) in [5, 5.41) is 0.746. The Labute approximate surface area is 262 Å². The van der Waals surface area contributed by atoms with Gasteiger partial charge in [-0.1, -0.05) is 134 Å². The maximum absolute atomic E-state index is 9.28. The Morgan fingerprint density at radius 3 is 1.74 bits per heavy atom. The molecule has 0 aliphatic rings. The van der Waals surface area contributed by atoms with Crippen molar-refractivity contribution in [2.45, 2.75) is 13.3 Å². The summed E-state index contributed by atoms with van der Waals surface area (Å²) in [5.41, 5.74) is 6.18. The Morgan fingerprint density at radius 2 is 1.09 bits per heavy atom. The number of rotatable bonds is 5. The predicted molar refractivity (Wildman–Crippen MR) is 182 cm³/mol. The number of hydrogen-bond donors (Lipinski definition) is 0. The molecule has 0 aliphatic carbocycles. The lowest BCUT2D eigenvalue weighted by molar-refractivity contribution is 0.908. The van der Waals surface area contributed by atoms with Crippen molar-refractivity contribution in [2.24, 2.45) is 0 Å². The summed E-state index contributed by atoms with van der Waals surface area (Å²) in [6.45, 7) is 2.03. The molecule has 0 aliphatic heterocycles. The topological polar surface area (TPSA) is 17.8 Å². The maximum atomic E-state index is 9.28. The van der Waals surface area contributed by atoms with Crippen molar-refractivity contribution in [2.75, 3.05) is 0 Å². The molecular weight excluding hydrogens is 520 g/mol. The second-order valence-electron chi connectivity index (χ2n) is 10.4. The molecule has 1 aromatic heterocycles. The van der Waals surface area contributed by atoms with Crippen molar-refractivity contribution in [3.05, 3.63) is 157 Å². The van der Waals surface area contributed by atoms with Gasteiger partial charge in [0.1, 0.15) is 5.82 Å². The minimum absolute atomic E-state index is 0.184. The molecule has 204 valence electrons. The number of imidazole rings is 1. The Kier molecular flexibility index (Phi) is 4.40. The van der Waals surface area contributed by atoms with Gasteiger partial charge in [0.25, 0.3) is 0 Å². The second kappa shape index (κ2) is 10.4. The van der Waals surface area contributed by atoms with Gasteiger partial charge < -0.3 is 0 Å². The molecule has 0 atom stereocenters. The van der Waals surface area contributed by atoms with Crippen LogP contribution in [-0.4, -0.2) is 9.55 Å². The fraction of sp³-hybridized carbons (Fsp3) is 0.0488. The fourth-order valence-corrected chi connectivity index (χ4v) is 6.06. The van der Waals surface area contributed by atoms with Crippen molar-refractivity contribution in [3.8, 4) is 39.1 Å². The number of nitrogens with zero attached hydrogens (tertiary/aromatic N) is 2. The predicted octanol–water partition coefficient (Wildman–Crippen LogP) is 10.9. The van der Waals surface area contributed by atoms with Gasteiger partial charge in [0.2, 0.25) is 0 Å². The van der Waals surface area contributed by atoms with Crippen LogP contribution in [-0.2, 0) is 6.42 Å². The molecule has 0 spiro atoms. The highest BCUT2D eigenvalue weighted by molar-refractivity contribution is 6.21. The summed E-state index contributed by atoms with van der Waals surface area (Å²) in [7, 11) is 0. The minimum Gasteiger partial charge on any atom is -0.296 e. The summed E-state index contributed by atoms with van der Waals surface area (Å²) in [6.07, 6.45) is 0.656. The van der Waals surface area contributed by atoms with Gasteiger partial charge in [0.05, 0.1) is 22.0 Å². The smallest absolute Gasteiger partial charge is 0.114 e. The lowest BCUT2D eigenvalue weighted by atomic mass is 9.85. The molecule has 7 aromatic carbocycles. The Hall–Kier alpha value is -5.47. The van der Waals surface area contributed by atoms with E-state index in [4.69, 9.17) is 10.5 Å². The summed E-state index contributed by atoms with van der Waals surface area (Å²) in [6, 6.07) is 29.8. The van der Waals surface area contributed by atoms with E-state index < -0.39 is 24.2 Å². The zero-order chi connectivity index (χ0) is 35.7. The van der Waals surface area contributed by atoms with Crippen molar-refractivity contribution in [1.82, 2.24) is 9.55 Å². The molecule has 2 nitrogen and oxygen atoms in total. The summed E-state index contributed by atoms with van der Waals surface area (Å²) >= 11 is 0. The number of benzene rings is 7. The molecule has 0 fully saturated rings. The molecule has 2 heteroatoms. The second-order valence-corrected chi connectivity index (χ2v) is 10.4. The molecule has 8 rings (SSSR count). The number of aromatic nitrogens is 2. The van der Waals surface area contributed by atoms with Crippen LogP contribution in [0.25, 0.3) is 71.6 Å². The van der Waals surface area contributed by atoms with Crippen LogP contribution in [0, 0.1) is 0 Å². The number of fused-ring (bicyclic) bond motifs is 3. The van der Waals surface area contributed by atoms with Crippen LogP contribution in [0.5, 0.6) is 0 Å². The Morgan fingerprint density at radius 1 is 0.558 bits per heavy atom. The van der Waals surface area contributed by atoms with Gasteiger partial charge in [-0.3, -0.25) is 4.57 Å². The highest BCUT2D eigenvalue weighted by atomic mass is 15.1. The van der Waals surface area contributed by atoms with Crippen LogP contribution in [0.1, 0.15) is 23.7 Å². The highest BCUT2D eigenvalue weighted by Crippen LogP contribution is 2.44. The van der Waals surface area contributed by atoms with Gasteiger partial charge in [0, 0.05) is 12.1 Å². The van der Waals surface area contributed by atoms with E-state index in [-0.39, 0.29) is 45.7 Å². The fourth-order valence-electron chi connectivity index (χ4n) is 6.06. The first-order chi connectivity index (χ1) is 24.6. The monoisotopic (exact) mass is 558 g/mol. The third kappa shape index (κ3) is 4.23. The molecule has 1 heterocycles. The number of para-hydroxylation sites is 2. The lowest BCUT2D eigenvalue weighted by Crippen LogP contribution is -2.00. The van der Waals surface area contributed by atoms with E-state index in [1.165, 1.54) is 0 Å². The summed E-state index contributed by atoms with van der Waals surface area (Å²) in [4.78, 5) is 4.84. The zero-order valence-corrected chi connectivity index (χ0v) is 23.4. The van der Waals surface area contributed by atoms with Gasteiger partial charge in [-0.15, -0.1) is 0 Å². The van der Waals surface area contributed by atoms with Crippen molar-refractivity contribution in [1.29, 1.82) is 0 Å². The van der Waals surface area contributed by atoms with Gasteiger partial charge in [-0.25, -0.2) is 4.98 Å². The molecule has 0 saturated heterocycles. The number of aryl methyl sites for hydroxylation is 1. The van der Waals surface area contributed by atoms with Crippen LogP contribution < -0.4 is 0 Å². The van der Waals surface area contributed by atoms with Gasteiger partial charge in [-0.2, -0.15) is 0 Å². The third-order valence-electron chi connectivity index (χ3n) is 8.00. The molecule has 0 bridgehead atoms. The van der Waals surface area contributed by atoms with Crippen LogP contribution in [0.15, 0.2) is 151 Å². The summed E-state index contributed by atoms with van der Waals surface area (Å²) in [5.74, 6) is 0.834. The number of hydrogen-bond acceptors (Lipinski definition) is 1. The third-order valence-corrected chi connectivity index (χ3v) is 8.00. The van der Waals surface area contributed by atoms with E-state index in [9.17, 15) is 5.48 Å². The van der Waals surface area contributed by atoms with E-state index in [0.29, 0.717) is 28.7 Å². The maximum Gasteiger partial charge on any atom is 0.114 e. The molecule has 0 saturated carbocycles. The van der Waals surface area contributed by atoms with E-state index in [0.717, 1.165) is 33.7 Å². The highest BCUT2D eigenvalue weighted by Gasteiger charge is 2.18. The first kappa shape index (κ1) is 18.1. The van der Waals surface area contributed by atoms with Gasteiger partial charge >= 0.3 is 0 Å². The first-order valence-electron chi connectivity index (χ1n) is 18.3. The zero-order valence-electron chi connectivity index (χ0n) is 31.4. The SMILES string of the molecule is [2H]c1c([2H])c([2H])c2c(-c3cccc(-n4c(CC)nc5ccccc54)c3)c3c([2H])c([2H])c([2H])c([2H])c3c(-c3ccc(-c4ccccc4)cc3)c2c1[2H]. The van der Waals surface area contributed by atoms with E-state index in [2.05, 4.69) is 4.57 Å². The first-order valence-corrected chi connectivity index (χ1v) is 14.3. The van der Waals surface area contributed by atoms with Crippen LogP contribution in [0.3, 0.4) is 0 Å². The van der Waals surface area contributed by atoms with Crippen LogP contribution in [0.2, 0.25) is 0 Å². The van der Waals surface area contributed by atoms with E-state index >= 15 is 0 Å². The Balaban J connectivity index is 1.53. The normalized spacial score (nSPS) is 14.1. The van der Waals surface area contributed by atoms with Gasteiger partial charge in [-0.05, 0) is 79.2 Å². The van der Waals surface area contributed by atoms with Crippen LogP contribution >= 0.6 is 0 Å². The quantitative estimate of drug-likeness (QED) is 0.192. The van der Waals surface area contributed by atoms with Crippen LogP contribution in [0.4, 0.5) is 0 Å². The molecule has 0 unspecified atom stereocenters. The van der Waals surface area contributed by atoms with E-state index in [1.807, 2.05) is 110 Å². The Bertz CT molecular complexity index is 2620. The standard InChI is InChI=1S/C41H30N2/c1-2-39-42-37-21-10-11-22-38(37)43(39)32-16-12-15-31(27-32)41-35-19-8-6-17-33(35)40(34-18-7-9-20-36(34)41)30-25-23-29(24-26-30)28-13-4-3-5-14-28/h3-27H,2H2,1H3/i6D,7D,8D,9D,17D,18D,19D,20D. The molecule has 43 heavy (non-hydrogen) atoms. The van der Waals surface area contributed by atoms with Crippen molar-refractivity contribution >= 4 is 32.6 Å². The average molecular weight is 559 g/mol. The van der Waals surface area contributed by atoms with E-state index in [1.54, 1.807) is 0 Å².